The molecule has 0 radical (unpaired) electrons. The fourth-order valence-corrected chi connectivity index (χ4v) is 5.46. The van der Waals surface area contributed by atoms with Crippen LogP contribution in [0.2, 0.25) is 0 Å². The number of carbonyl (C=O) groups is 1. The Hall–Kier alpha value is -3.60. The van der Waals surface area contributed by atoms with E-state index in [4.69, 9.17) is 9.84 Å². The smallest absolute Gasteiger partial charge is 0.305 e. The number of rotatable bonds is 6. The first-order valence-electron chi connectivity index (χ1n) is 11.6. The molecule has 1 aliphatic rings. The topological polar surface area (TPSA) is 80.2 Å². The molecule has 6 rings (SSSR count). The number of fused-ring (bicyclic) bond motifs is 1. The van der Waals surface area contributed by atoms with Gasteiger partial charge in [-0.25, -0.2) is 9.07 Å². The number of hydrogen-bond acceptors (Lipinski definition) is 5. The summed E-state index contributed by atoms with van der Waals surface area (Å²) in [6.07, 6.45) is 1.81. The zero-order valence-corrected chi connectivity index (χ0v) is 21.8. The Balaban J connectivity index is 1.34. The number of carbonyl (C=O) groups excluding carboxylic acids is 1. The van der Waals surface area contributed by atoms with E-state index in [1.54, 1.807) is 21.7 Å². The fourth-order valence-electron chi connectivity index (χ4n) is 4.48. The third-order valence-electron chi connectivity index (χ3n) is 6.31. The van der Waals surface area contributed by atoms with Gasteiger partial charge in [0.05, 0.1) is 15.9 Å². The maximum Gasteiger partial charge on any atom is 0.305 e. The van der Waals surface area contributed by atoms with Crippen LogP contribution in [0.4, 0.5) is 4.39 Å². The molecular weight excluding hydrogens is 559 g/mol. The van der Waals surface area contributed by atoms with E-state index in [1.807, 2.05) is 48.7 Å². The van der Waals surface area contributed by atoms with Crippen molar-refractivity contribution >= 4 is 43.4 Å². The first kappa shape index (κ1) is 23.8. The zero-order valence-electron chi connectivity index (χ0n) is 19.4. The highest BCUT2D eigenvalue weighted by Gasteiger charge is 2.36. The number of nitrogens with zero attached hydrogens (tertiary/aromatic N) is 3. The highest BCUT2D eigenvalue weighted by Crippen LogP contribution is 2.35. The molecule has 0 saturated carbocycles. The summed E-state index contributed by atoms with van der Waals surface area (Å²) in [5.74, 6) is -0.452. The highest BCUT2D eigenvalue weighted by atomic mass is 79.9. The summed E-state index contributed by atoms with van der Waals surface area (Å²) < 4.78 is 23.2. The summed E-state index contributed by atoms with van der Waals surface area (Å²) in [7, 11) is 0. The van der Waals surface area contributed by atoms with Crippen LogP contribution < -0.4 is 4.87 Å². The molecule has 0 aliphatic carbocycles. The maximum absolute atomic E-state index is 13.7. The monoisotopic (exact) mass is 578 g/mol. The molecule has 3 heterocycles. The van der Waals surface area contributed by atoms with Gasteiger partial charge in [0, 0.05) is 28.3 Å². The van der Waals surface area contributed by atoms with Crippen LogP contribution in [0.5, 0.6) is 0 Å². The first-order valence-corrected chi connectivity index (χ1v) is 13.2. The second-order valence-electron chi connectivity index (χ2n) is 8.71. The van der Waals surface area contributed by atoms with Gasteiger partial charge in [0.15, 0.2) is 6.23 Å². The average Bonchev–Trinajstić information content (AvgIpc) is 3.59. The van der Waals surface area contributed by atoms with E-state index in [1.165, 1.54) is 23.5 Å². The van der Waals surface area contributed by atoms with E-state index < -0.39 is 6.23 Å². The molecule has 2 aromatic heterocycles. The number of ether oxygens (including phenoxy) is 1. The summed E-state index contributed by atoms with van der Waals surface area (Å²) in [6, 6.07) is 19.7. The largest absolute Gasteiger partial charge is 0.344 e. The van der Waals surface area contributed by atoms with Crippen molar-refractivity contribution in [3.05, 3.63) is 104 Å². The van der Waals surface area contributed by atoms with Crippen molar-refractivity contribution in [2.24, 2.45) is 0 Å². The Morgan fingerprint density at radius 1 is 1.08 bits per heavy atom. The fraction of sp³-hybridized carbons (Fsp3) is 0.148. The van der Waals surface area contributed by atoms with Crippen molar-refractivity contribution in [1.82, 2.24) is 19.7 Å². The van der Waals surface area contributed by atoms with Crippen LogP contribution in [0.1, 0.15) is 17.4 Å². The molecule has 5 aromatic rings. The van der Waals surface area contributed by atoms with Crippen LogP contribution in [0.3, 0.4) is 0 Å². The minimum absolute atomic E-state index is 0.0339. The van der Waals surface area contributed by atoms with Gasteiger partial charge in [-0.3, -0.25) is 9.59 Å². The molecule has 1 saturated heterocycles. The molecule has 7 nitrogen and oxygen atoms in total. The predicted octanol–water partition coefficient (Wildman–Crippen LogP) is 5.44. The number of thiazole rings is 1. The predicted molar refractivity (Wildman–Crippen MR) is 143 cm³/mol. The first-order chi connectivity index (χ1) is 17.9. The summed E-state index contributed by atoms with van der Waals surface area (Å²) in [5, 5.41) is 4.80. The molecule has 1 aliphatic heterocycles. The van der Waals surface area contributed by atoms with Crippen molar-refractivity contribution in [3.63, 3.8) is 0 Å². The van der Waals surface area contributed by atoms with E-state index >= 15 is 0 Å². The van der Waals surface area contributed by atoms with Crippen LogP contribution >= 0.6 is 27.3 Å². The normalized spacial score (nSPS) is 15.7. The van der Waals surface area contributed by atoms with Gasteiger partial charge in [0.25, 0.3) is 5.91 Å². The lowest BCUT2D eigenvalue weighted by Gasteiger charge is -2.23. The second kappa shape index (κ2) is 9.70. The van der Waals surface area contributed by atoms with Crippen molar-refractivity contribution < 1.29 is 13.9 Å². The van der Waals surface area contributed by atoms with Gasteiger partial charge in [0.1, 0.15) is 18.1 Å². The number of benzene rings is 3. The highest BCUT2D eigenvalue weighted by molar-refractivity contribution is 9.10. The number of hydrogen-bond donors (Lipinski definition) is 1. The number of halogens is 2. The Kier molecular flexibility index (Phi) is 6.23. The van der Waals surface area contributed by atoms with E-state index in [-0.39, 0.29) is 23.2 Å². The van der Waals surface area contributed by atoms with E-state index in [0.29, 0.717) is 18.7 Å². The molecule has 1 amide bonds. The Labute approximate surface area is 223 Å². The molecule has 1 fully saturated rings. The van der Waals surface area contributed by atoms with Crippen LogP contribution in [-0.2, 0) is 16.0 Å². The molecule has 1 atom stereocenters. The molecule has 0 bridgehead atoms. The minimum Gasteiger partial charge on any atom is -0.344 e. The molecule has 10 heteroatoms. The molecule has 37 heavy (non-hydrogen) atoms. The van der Waals surface area contributed by atoms with Gasteiger partial charge in [-0.05, 0) is 72.6 Å². The van der Waals surface area contributed by atoms with Gasteiger partial charge in [-0.1, -0.05) is 33.3 Å². The van der Waals surface area contributed by atoms with E-state index in [9.17, 15) is 14.0 Å². The SMILES string of the molecule is O=C1COC(c2cn(-c3ccc(Br)cc3)nc2-c2ccc(F)cc2)N1CCc1ccc2sc(=O)[nH]c2c1. The van der Waals surface area contributed by atoms with Gasteiger partial charge < -0.3 is 14.6 Å². The van der Waals surface area contributed by atoms with Crippen molar-refractivity contribution in [3.8, 4) is 16.9 Å². The number of nitrogens with one attached hydrogen (secondary N) is 1. The van der Waals surface area contributed by atoms with Crippen molar-refractivity contribution in [1.29, 1.82) is 0 Å². The lowest BCUT2D eigenvalue weighted by Crippen LogP contribution is -2.30. The standard InChI is InChI=1S/C27H20BrFN4O3S/c28-18-4-8-20(9-5-18)33-14-21(25(31-33)17-2-6-19(29)7-3-17)26-32(24(34)15-36-26)12-11-16-1-10-23-22(13-16)30-27(35)37-23/h1-10,13-14,26H,11-12,15H2,(H,30,35). The van der Waals surface area contributed by atoms with Crippen LogP contribution in [-0.4, -0.2) is 38.7 Å². The maximum atomic E-state index is 13.7. The van der Waals surface area contributed by atoms with Crippen molar-refractivity contribution in [2.75, 3.05) is 13.2 Å². The van der Waals surface area contributed by atoms with E-state index in [2.05, 4.69) is 20.9 Å². The lowest BCUT2D eigenvalue weighted by atomic mass is 10.1. The molecule has 186 valence electrons. The van der Waals surface area contributed by atoms with Crippen LogP contribution in [0.15, 0.2) is 82.2 Å². The Morgan fingerprint density at radius 2 is 1.86 bits per heavy atom. The molecular formula is C27H20BrFN4O3S. The minimum atomic E-state index is -0.638. The Morgan fingerprint density at radius 3 is 2.65 bits per heavy atom. The molecule has 3 aromatic carbocycles. The molecule has 1 unspecified atom stereocenters. The number of H-pyrrole nitrogens is 1. The summed E-state index contributed by atoms with van der Waals surface area (Å²) >= 11 is 4.63. The average molecular weight is 579 g/mol. The van der Waals surface area contributed by atoms with Crippen molar-refractivity contribution in [2.45, 2.75) is 12.6 Å². The third-order valence-corrected chi connectivity index (χ3v) is 7.70. The number of aromatic amines is 1. The van der Waals surface area contributed by atoms with Gasteiger partial charge in [0.2, 0.25) is 0 Å². The second-order valence-corrected chi connectivity index (χ2v) is 10.6. The van der Waals surface area contributed by atoms with Crippen LogP contribution in [0, 0.1) is 5.82 Å². The van der Waals surface area contributed by atoms with Gasteiger partial charge in [-0.15, -0.1) is 0 Å². The summed E-state index contributed by atoms with van der Waals surface area (Å²) in [5.41, 5.74) is 4.70. The molecule has 1 N–H and O–H groups in total. The number of aromatic nitrogens is 3. The van der Waals surface area contributed by atoms with Gasteiger partial charge in [-0.2, -0.15) is 5.10 Å². The quantitative estimate of drug-likeness (QED) is 0.291. The summed E-state index contributed by atoms with van der Waals surface area (Å²) in [4.78, 5) is 29.0. The Bertz CT molecular complexity index is 1660. The third kappa shape index (κ3) is 4.75. The zero-order chi connectivity index (χ0) is 25.5. The van der Waals surface area contributed by atoms with Gasteiger partial charge >= 0.3 is 4.87 Å². The number of amides is 1. The summed E-state index contributed by atoms with van der Waals surface area (Å²) in [6.45, 7) is 0.392. The van der Waals surface area contributed by atoms with E-state index in [0.717, 1.165) is 37.1 Å². The lowest BCUT2D eigenvalue weighted by molar-refractivity contribution is -0.128. The van der Waals surface area contributed by atoms with Crippen LogP contribution in [0.25, 0.3) is 27.2 Å². The molecule has 0 spiro atoms.